The highest BCUT2D eigenvalue weighted by atomic mass is 16.6. The lowest BCUT2D eigenvalue weighted by Crippen LogP contribution is -2.38. The zero-order chi connectivity index (χ0) is 20.1. The van der Waals surface area contributed by atoms with Gasteiger partial charge in [0.05, 0.1) is 4.92 Å². The predicted octanol–water partition coefficient (Wildman–Crippen LogP) is 5.39. The van der Waals surface area contributed by atoms with Crippen LogP contribution in [0.3, 0.4) is 0 Å². The Kier molecular flexibility index (Phi) is 5.03. The van der Waals surface area contributed by atoms with Gasteiger partial charge in [-0.2, -0.15) is 0 Å². The van der Waals surface area contributed by atoms with Crippen LogP contribution in [0.2, 0.25) is 0 Å². The summed E-state index contributed by atoms with van der Waals surface area (Å²) in [4.78, 5) is 15.2. The van der Waals surface area contributed by atoms with Gasteiger partial charge in [-0.1, -0.05) is 91.0 Å². The molecule has 5 nitrogen and oxygen atoms in total. The Morgan fingerprint density at radius 3 is 1.59 bits per heavy atom. The summed E-state index contributed by atoms with van der Waals surface area (Å²) in [6, 6.07) is 31.5. The molecule has 4 aromatic rings. The molecule has 0 saturated carbocycles. The van der Waals surface area contributed by atoms with Gasteiger partial charge < -0.3 is 5.32 Å². The maximum absolute atomic E-state index is 11.6. The fourth-order valence-corrected chi connectivity index (χ4v) is 3.62. The van der Waals surface area contributed by atoms with Gasteiger partial charge in [-0.05, 0) is 22.8 Å². The Balaban J connectivity index is 2.03. The van der Waals surface area contributed by atoms with Crippen LogP contribution >= 0.6 is 0 Å². The molecular weight excluding hydrogens is 362 g/mol. The third kappa shape index (κ3) is 3.46. The molecule has 0 amide bonds. The summed E-state index contributed by atoms with van der Waals surface area (Å²) in [5.74, 6) is 0. The van der Waals surface area contributed by atoms with Crippen LogP contribution in [0.5, 0.6) is 0 Å². The van der Waals surface area contributed by atoms with Gasteiger partial charge in [-0.15, -0.1) is 0 Å². The van der Waals surface area contributed by atoms with Crippen LogP contribution in [-0.2, 0) is 5.54 Å². The summed E-state index contributed by atoms with van der Waals surface area (Å²) in [5, 5.41) is 15.2. The van der Waals surface area contributed by atoms with Crippen LogP contribution in [0.4, 0.5) is 11.4 Å². The van der Waals surface area contributed by atoms with Crippen molar-refractivity contribution in [2.24, 2.45) is 0 Å². The number of pyridine rings is 1. The summed E-state index contributed by atoms with van der Waals surface area (Å²) in [6.07, 6.45) is 2.83. The molecular formula is C24H19N3O2. The summed E-state index contributed by atoms with van der Waals surface area (Å²) >= 11 is 0. The number of anilines is 1. The second-order valence-corrected chi connectivity index (χ2v) is 6.62. The fraction of sp³-hybridized carbons (Fsp3) is 0.0417. The number of nitrogens with zero attached hydrogens (tertiary/aromatic N) is 2. The molecule has 0 unspecified atom stereocenters. The molecule has 3 aromatic carbocycles. The molecule has 0 atom stereocenters. The Bertz CT molecular complexity index is 1000. The number of benzene rings is 3. The monoisotopic (exact) mass is 381 g/mol. The number of rotatable bonds is 6. The van der Waals surface area contributed by atoms with Crippen molar-refractivity contribution in [3.8, 4) is 0 Å². The standard InChI is InChI=1S/C24H19N3O2/c28-27(29)23-18-25-17-16-22(23)26-24(19-10-4-1-5-11-19,20-12-6-2-7-13-20)21-14-8-3-9-15-21/h1-18H,(H,25,26). The molecule has 0 aliphatic rings. The van der Waals surface area contributed by atoms with Crippen molar-refractivity contribution in [1.29, 1.82) is 0 Å². The lowest BCUT2D eigenvalue weighted by Gasteiger charge is -2.37. The molecule has 0 fully saturated rings. The third-order valence-corrected chi connectivity index (χ3v) is 4.94. The lowest BCUT2D eigenvalue weighted by atomic mass is 9.76. The van der Waals surface area contributed by atoms with Crippen molar-refractivity contribution in [3.63, 3.8) is 0 Å². The first kappa shape index (κ1) is 18.4. The smallest absolute Gasteiger partial charge is 0.310 e. The molecule has 142 valence electrons. The SMILES string of the molecule is O=[N+]([O-])c1cnccc1NC(c1ccccc1)(c1ccccc1)c1ccccc1. The molecule has 1 heterocycles. The quantitative estimate of drug-likeness (QED) is 0.276. The van der Waals surface area contributed by atoms with E-state index in [1.807, 2.05) is 91.0 Å². The van der Waals surface area contributed by atoms with Gasteiger partial charge in [0.25, 0.3) is 0 Å². The van der Waals surface area contributed by atoms with Crippen LogP contribution in [0.1, 0.15) is 16.7 Å². The highest BCUT2D eigenvalue weighted by Crippen LogP contribution is 2.41. The Hall–Kier alpha value is -3.99. The first-order valence-electron chi connectivity index (χ1n) is 9.25. The summed E-state index contributed by atoms with van der Waals surface area (Å²) in [5.41, 5.74) is 2.44. The molecule has 0 saturated heterocycles. The maximum atomic E-state index is 11.6. The molecule has 4 rings (SSSR count). The first-order chi connectivity index (χ1) is 14.2. The maximum Gasteiger partial charge on any atom is 0.310 e. The van der Waals surface area contributed by atoms with Crippen LogP contribution in [-0.4, -0.2) is 9.91 Å². The number of hydrogen-bond acceptors (Lipinski definition) is 4. The number of hydrogen-bond donors (Lipinski definition) is 1. The van der Waals surface area contributed by atoms with E-state index < -0.39 is 10.5 Å². The van der Waals surface area contributed by atoms with E-state index in [4.69, 9.17) is 0 Å². The first-order valence-corrected chi connectivity index (χ1v) is 9.25. The van der Waals surface area contributed by atoms with Gasteiger partial charge in [0.2, 0.25) is 0 Å². The van der Waals surface area contributed by atoms with Crippen molar-refractivity contribution >= 4 is 11.4 Å². The molecule has 1 aromatic heterocycles. The molecule has 5 heteroatoms. The van der Waals surface area contributed by atoms with E-state index in [1.165, 1.54) is 6.20 Å². The van der Waals surface area contributed by atoms with Gasteiger partial charge in [0, 0.05) is 6.20 Å². The molecule has 0 spiro atoms. The second-order valence-electron chi connectivity index (χ2n) is 6.62. The average molecular weight is 381 g/mol. The highest BCUT2D eigenvalue weighted by Gasteiger charge is 2.37. The lowest BCUT2D eigenvalue weighted by molar-refractivity contribution is -0.384. The molecule has 29 heavy (non-hydrogen) atoms. The third-order valence-electron chi connectivity index (χ3n) is 4.94. The van der Waals surface area contributed by atoms with E-state index in [-0.39, 0.29) is 5.69 Å². The molecule has 0 radical (unpaired) electrons. The van der Waals surface area contributed by atoms with Crippen LogP contribution in [0.15, 0.2) is 109 Å². The van der Waals surface area contributed by atoms with Crippen molar-refractivity contribution in [2.45, 2.75) is 5.54 Å². The zero-order valence-electron chi connectivity index (χ0n) is 15.6. The zero-order valence-corrected chi connectivity index (χ0v) is 15.6. The van der Waals surface area contributed by atoms with E-state index in [0.29, 0.717) is 5.69 Å². The minimum absolute atomic E-state index is 0.0698. The van der Waals surface area contributed by atoms with E-state index >= 15 is 0 Å². The summed E-state index contributed by atoms with van der Waals surface area (Å²) in [7, 11) is 0. The van der Waals surface area contributed by atoms with Crippen molar-refractivity contribution in [1.82, 2.24) is 4.98 Å². The predicted molar refractivity (Wildman–Crippen MR) is 114 cm³/mol. The Morgan fingerprint density at radius 1 is 0.724 bits per heavy atom. The van der Waals surface area contributed by atoms with E-state index in [2.05, 4.69) is 10.3 Å². The Labute approximate surface area is 168 Å². The summed E-state index contributed by atoms with van der Waals surface area (Å²) < 4.78 is 0. The Morgan fingerprint density at radius 2 is 1.17 bits per heavy atom. The minimum Gasteiger partial charge on any atom is -0.362 e. The van der Waals surface area contributed by atoms with Crippen LogP contribution < -0.4 is 5.32 Å². The molecule has 0 aliphatic carbocycles. The van der Waals surface area contributed by atoms with Crippen molar-refractivity contribution in [3.05, 3.63) is 136 Å². The van der Waals surface area contributed by atoms with Gasteiger partial charge in [-0.25, -0.2) is 0 Å². The minimum atomic E-state index is -0.824. The highest BCUT2D eigenvalue weighted by molar-refractivity contribution is 5.67. The van der Waals surface area contributed by atoms with Gasteiger partial charge >= 0.3 is 5.69 Å². The number of nitrogens with one attached hydrogen (secondary N) is 1. The van der Waals surface area contributed by atoms with Crippen molar-refractivity contribution in [2.75, 3.05) is 5.32 Å². The van der Waals surface area contributed by atoms with Crippen molar-refractivity contribution < 1.29 is 4.92 Å². The van der Waals surface area contributed by atoms with E-state index in [1.54, 1.807) is 12.3 Å². The van der Waals surface area contributed by atoms with Gasteiger partial charge in [-0.3, -0.25) is 15.1 Å². The topological polar surface area (TPSA) is 68.1 Å². The van der Waals surface area contributed by atoms with E-state index in [9.17, 15) is 10.1 Å². The van der Waals surface area contributed by atoms with E-state index in [0.717, 1.165) is 16.7 Å². The number of nitro groups is 1. The molecule has 0 bridgehead atoms. The van der Waals surface area contributed by atoms with Gasteiger partial charge in [0.15, 0.2) is 0 Å². The molecule has 0 aliphatic heterocycles. The fourth-order valence-electron chi connectivity index (χ4n) is 3.62. The largest absolute Gasteiger partial charge is 0.362 e. The van der Waals surface area contributed by atoms with Gasteiger partial charge in [0.1, 0.15) is 17.4 Å². The van der Waals surface area contributed by atoms with Crippen LogP contribution in [0.25, 0.3) is 0 Å². The average Bonchev–Trinajstić information content (AvgIpc) is 2.79. The summed E-state index contributed by atoms with van der Waals surface area (Å²) in [6.45, 7) is 0. The molecule has 1 N–H and O–H groups in total. The normalized spacial score (nSPS) is 11.0. The second kappa shape index (κ2) is 7.94. The van der Waals surface area contributed by atoms with Crippen LogP contribution in [0, 0.1) is 10.1 Å². The number of aromatic nitrogens is 1.